The van der Waals surface area contributed by atoms with Crippen LogP contribution in [0, 0.1) is 6.92 Å². The Bertz CT molecular complexity index is 1170. The molecule has 3 atom stereocenters. The maximum absolute atomic E-state index is 13.9. The number of nitrogens with one attached hydrogen (secondary N) is 1. The third-order valence-corrected chi connectivity index (χ3v) is 8.24. The second kappa shape index (κ2) is 12.8. The molecule has 9 heteroatoms. The van der Waals surface area contributed by atoms with Gasteiger partial charge >= 0.3 is 0 Å². The molecule has 3 heterocycles. The minimum atomic E-state index is -0.632. The molecule has 0 aliphatic carbocycles. The first-order valence-corrected chi connectivity index (χ1v) is 14.4. The number of methoxy groups -OCH3 is 1. The maximum Gasteiger partial charge on any atom is 0.254 e. The van der Waals surface area contributed by atoms with Crippen molar-refractivity contribution in [2.45, 2.75) is 50.8 Å². The lowest BCUT2D eigenvalue weighted by Gasteiger charge is -2.31. The van der Waals surface area contributed by atoms with Crippen LogP contribution in [0.25, 0.3) is 0 Å². The van der Waals surface area contributed by atoms with Crippen LogP contribution in [-0.2, 0) is 9.53 Å². The van der Waals surface area contributed by atoms with Crippen molar-refractivity contribution < 1.29 is 23.9 Å². The van der Waals surface area contributed by atoms with E-state index < -0.39 is 6.04 Å². The Kier molecular flexibility index (Phi) is 9.01. The molecule has 3 amide bonds. The number of benzene rings is 2. The molecule has 3 aliphatic rings. The van der Waals surface area contributed by atoms with E-state index in [1.807, 2.05) is 41.0 Å². The van der Waals surface area contributed by atoms with Crippen LogP contribution in [0.4, 0.5) is 0 Å². The summed E-state index contributed by atoms with van der Waals surface area (Å²) in [7, 11) is 1.59. The van der Waals surface area contributed by atoms with Gasteiger partial charge in [-0.2, -0.15) is 0 Å². The van der Waals surface area contributed by atoms with E-state index in [9.17, 15) is 14.4 Å². The average molecular weight is 549 g/mol. The molecule has 2 aromatic carbocycles. The number of hydrogen-bond donors (Lipinski definition) is 1. The number of aryl methyl sites for hydroxylation is 1. The van der Waals surface area contributed by atoms with Crippen molar-refractivity contribution in [2.75, 3.05) is 53.0 Å². The van der Waals surface area contributed by atoms with Crippen molar-refractivity contribution >= 4 is 17.7 Å². The van der Waals surface area contributed by atoms with E-state index in [-0.39, 0.29) is 29.9 Å². The molecule has 0 radical (unpaired) electrons. The van der Waals surface area contributed by atoms with Crippen LogP contribution in [0.2, 0.25) is 0 Å². The fourth-order valence-electron chi connectivity index (χ4n) is 5.94. The lowest BCUT2D eigenvalue weighted by molar-refractivity contribution is -0.135. The minimum absolute atomic E-state index is 0.0411. The molecule has 0 saturated carbocycles. The Hall–Kier alpha value is -3.43. The second-order valence-corrected chi connectivity index (χ2v) is 11.0. The predicted octanol–water partition coefficient (Wildman–Crippen LogP) is 2.73. The molecule has 1 N–H and O–H groups in total. The molecule has 40 heavy (non-hydrogen) atoms. The molecule has 2 aromatic rings. The number of rotatable bonds is 7. The first kappa shape index (κ1) is 28.1. The zero-order valence-corrected chi connectivity index (χ0v) is 23.5. The van der Waals surface area contributed by atoms with Crippen LogP contribution >= 0.6 is 0 Å². The standard InChI is InChI=1S/C31H40N4O5/c1-22-6-8-23(9-7-22)30(37)35-20-25(19-28(35)31(38)33-16-4-14-32-15-17-33)34(21-27-5-3-18-40-27)29(36)24-10-12-26(39-2)13-11-24/h6-13,25,27-28,32H,3-5,14-21H2,1-2H3. The Morgan fingerprint density at radius 2 is 1.75 bits per heavy atom. The van der Waals surface area contributed by atoms with E-state index in [2.05, 4.69) is 5.32 Å². The van der Waals surface area contributed by atoms with Gasteiger partial charge in [-0.25, -0.2) is 0 Å². The van der Waals surface area contributed by atoms with Gasteiger partial charge in [0.15, 0.2) is 0 Å². The van der Waals surface area contributed by atoms with Gasteiger partial charge in [0.2, 0.25) is 5.91 Å². The number of ether oxygens (including phenoxy) is 2. The zero-order chi connectivity index (χ0) is 28.1. The third kappa shape index (κ3) is 6.31. The number of carbonyl (C=O) groups excluding carboxylic acids is 3. The fraction of sp³-hybridized carbons (Fsp3) is 0.516. The van der Waals surface area contributed by atoms with Crippen LogP contribution < -0.4 is 10.1 Å². The average Bonchev–Trinajstić information content (AvgIpc) is 3.58. The zero-order valence-electron chi connectivity index (χ0n) is 23.5. The highest BCUT2D eigenvalue weighted by molar-refractivity contribution is 5.99. The summed E-state index contributed by atoms with van der Waals surface area (Å²) in [6.45, 7) is 6.25. The van der Waals surface area contributed by atoms with E-state index in [1.165, 1.54) is 0 Å². The van der Waals surface area contributed by atoms with E-state index >= 15 is 0 Å². The molecule has 3 saturated heterocycles. The number of hydrogen-bond acceptors (Lipinski definition) is 6. The monoisotopic (exact) mass is 548 g/mol. The van der Waals surface area contributed by atoms with Gasteiger partial charge in [-0.05, 0) is 75.5 Å². The highest BCUT2D eigenvalue weighted by atomic mass is 16.5. The number of amides is 3. The van der Waals surface area contributed by atoms with Gasteiger partial charge in [-0.1, -0.05) is 17.7 Å². The van der Waals surface area contributed by atoms with Gasteiger partial charge < -0.3 is 29.5 Å². The van der Waals surface area contributed by atoms with Crippen molar-refractivity contribution in [1.82, 2.24) is 20.0 Å². The SMILES string of the molecule is COc1ccc(C(=O)N(CC2CCCO2)C2CC(C(=O)N3CCCNCC3)N(C(=O)c3ccc(C)cc3)C2)cc1. The molecular weight excluding hydrogens is 508 g/mol. The van der Waals surface area contributed by atoms with Crippen LogP contribution in [0.1, 0.15) is 52.0 Å². The molecule has 0 bridgehead atoms. The van der Waals surface area contributed by atoms with Gasteiger partial charge in [0.05, 0.1) is 19.3 Å². The number of carbonyl (C=O) groups is 3. The molecule has 3 unspecified atom stereocenters. The lowest BCUT2D eigenvalue weighted by Crippen LogP contribution is -2.48. The Morgan fingerprint density at radius 3 is 2.45 bits per heavy atom. The summed E-state index contributed by atoms with van der Waals surface area (Å²) in [5.74, 6) is 0.330. The topological polar surface area (TPSA) is 91.4 Å². The summed E-state index contributed by atoms with van der Waals surface area (Å²) in [5.41, 5.74) is 2.16. The maximum atomic E-state index is 13.9. The lowest BCUT2D eigenvalue weighted by atomic mass is 10.1. The van der Waals surface area contributed by atoms with Gasteiger partial charge in [0, 0.05) is 50.5 Å². The number of nitrogens with zero attached hydrogens (tertiary/aromatic N) is 3. The summed E-state index contributed by atoms with van der Waals surface area (Å²) in [4.78, 5) is 47.1. The smallest absolute Gasteiger partial charge is 0.254 e. The molecule has 0 aromatic heterocycles. The Labute approximate surface area is 236 Å². The van der Waals surface area contributed by atoms with Crippen molar-refractivity contribution in [3.05, 3.63) is 65.2 Å². The summed E-state index contributed by atoms with van der Waals surface area (Å²) in [6, 6.07) is 13.6. The van der Waals surface area contributed by atoms with Crippen molar-refractivity contribution in [3.8, 4) is 5.75 Å². The van der Waals surface area contributed by atoms with Crippen LogP contribution in [0.15, 0.2) is 48.5 Å². The summed E-state index contributed by atoms with van der Waals surface area (Å²) < 4.78 is 11.2. The van der Waals surface area contributed by atoms with E-state index in [0.29, 0.717) is 56.1 Å². The molecule has 0 spiro atoms. The summed E-state index contributed by atoms with van der Waals surface area (Å²) >= 11 is 0. The minimum Gasteiger partial charge on any atom is -0.497 e. The third-order valence-electron chi connectivity index (χ3n) is 8.24. The number of likely N-dealkylation sites (tertiary alicyclic amines) is 1. The van der Waals surface area contributed by atoms with Crippen LogP contribution in [-0.4, -0.2) is 104 Å². The van der Waals surface area contributed by atoms with Crippen LogP contribution in [0.3, 0.4) is 0 Å². The van der Waals surface area contributed by atoms with Crippen molar-refractivity contribution in [1.29, 1.82) is 0 Å². The van der Waals surface area contributed by atoms with Crippen molar-refractivity contribution in [3.63, 3.8) is 0 Å². The quantitative estimate of drug-likeness (QED) is 0.572. The molecular formula is C31H40N4O5. The molecule has 9 nitrogen and oxygen atoms in total. The summed E-state index contributed by atoms with van der Waals surface area (Å²) in [6.07, 6.45) is 3.05. The normalized spacial score (nSPS) is 23.1. The van der Waals surface area contributed by atoms with Gasteiger partial charge in [-0.3, -0.25) is 14.4 Å². The molecule has 5 rings (SSSR count). The Morgan fingerprint density at radius 1 is 1.00 bits per heavy atom. The molecule has 214 valence electrons. The van der Waals surface area contributed by atoms with Gasteiger partial charge in [0.1, 0.15) is 11.8 Å². The predicted molar refractivity (Wildman–Crippen MR) is 151 cm³/mol. The highest BCUT2D eigenvalue weighted by Crippen LogP contribution is 2.29. The van der Waals surface area contributed by atoms with Crippen LogP contribution in [0.5, 0.6) is 5.75 Å². The van der Waals surface area contributed by atoms with Gasteiger partial charge in [0.25, 0.3) is 11.8 Å². The van der Waals surface area contributed by atoms with E-state index in [1.54, 1.807) is 36.3 Å². The fourth-order valence-corrected chi connectivity index (χ4v) is 5.94. The highest BCUT2D eigenvalue weighted by Gasteiger charge is 2.45. The summed E-state index contributed by atoms with van der Waals surface area (Å²) in [5, 5.41) is 3.35. The molecule has 3 fully saturated rings. The van der Waals surface area contributed by atoms with Crippen molar-refractivity contribution in [2.24, 2.45) is 0 Å². The first-order valence-electron chi connectivity index (χ1n) is 14.4. The Balaban J connectivity index is 1.44. The molecule has 3 aliphatic heterocycles. The first-order chi connectivity index (χ1) is 19.4. The largest absolute Gasteiger partial charge is 0.497 e. The van der Waals surface area contributed by atoms with E-state index in [4.69, 9.17) is 9.47 Å². The van der Waals surface area contributed by atoms with Gasteiger partial charge in [-0.15, -0.1) is 0 Å². The van der Waals surface area contributed by atoms with E-state index in [0.717, 1.165) is 37.9 Å². The second-order valence-electron chi connectivity index (χ2n) is 11.0.